The minimum absolute atomic E-state index is 0.0137. The van der Waals surface area contributed by atoms with Crippen LogP contribution in [-0.2, 0) is 9.53 Å². The molecule has 1 heterocycles. The van der Waals surface area contributed by atoms with E-state index in [1.807, 2.05) is 0 Å². The number of nitro benzene ring substituents is 1. The van der Waals surface area contributed by atoms with Crippen molar-refractivity contribution in [2.45, 2.75) is 39.2 Å². The molecule has 2 amide bonds. The van der Waals surface area contributed by atoms with E-state index in [2.05, 4.69) is 0 Å². The summed E-state index contributed by atoms with van der Waals surface area (Å²) < 4.78 is 19.5. The molecule has 0 N–H and O–H groups in total. The van der Waals surface area contributed by atoms with Crippen molar-refractivity contribution in [2.24, 2.45) is 5.92 Å². The Morgan fingerprint density at radius 1 is 1.30 bits per heavy atom. The molecule has 0 aliphatic carbocycles. The van der Waals surface area contributed by atoms with E-state index in [0.717, 1.165) is 12.1 Å². The van der Waals surface area contributed by atoms with Crippen molar-refractivity contribution < 1.29 is 23.6 Å². The Kier molecular flexibility index (Phi) is 6.02. The van der Waals surface area contributed by atoms with E-state index in [9.17, 15) is 24.1 Å². The third-order valence-corrected chi connectivity index (χ3v) is 4.33. The van der Waals surface area contributed by atoms with Crippen LogP contribution < -0.4 is 4.90 Å². The minimum Gasteiger partial charge on any atom is -0.444 e. The number of carbonyl (C=O) groups excluding carboxylic acids is 2. The number of hydrogen-bond donors (Lipinski definition) is 0. The zero-order valence-electron chi connectivity index (χ0n) is 15.9. The summed E-state index contributed by atoms with van der Waals surface area (Å²) in [4.78, 5) is 37.5. The van der Waals surface area contributed by atoms with Crippen molar-refractivity contribution in [1.29, 1.82) is 0 Å². The second kappa shape index (κ2) is 7.89. The average molecular weight is 381 g/mol. The first-order valence-corrected chi connectivity index (χ1v) is 8.69. The van der Waals surface area contributed by atoms with Crippen LogP contribution in [0.25, 0.3) is 0 Å². The number of non-ortho nitro benzene ring substituents is 1. The predicted octanol–water partition coefficient (Wildman–Crippen LogP) is 3.34. The number of benzene rings is 1. The van der Waals surface area contributed by atoms with Gasteiger partial charge in [-0.05, 0) is 39.7 Å². The average Bonchev–Trinajstić information content (AvgIpc) is 2.59. The number of nitrogens with zero attached hydrogens (tertiary/aromatic N) is 3. The van der Waals surface area contributed by atoms with Gasteiger partial charge in [0.2, 0.25) is 5.91 Å². The van der Waals surface area contributed by atoms with Gasteiger partial charge in [0, 0.05) is 32.1 Å². The first-order chi connectivity index (χ1) is 12.5. The fourth-order valence-electron chi connectivity index (χ4n) is 2.91. The number of rotatable bonds is 3. The fraction of sp³-hybridized carbons (Fsp3) is 0.556. The number of nitro groups is 1. The van der Waals surface area contributed by atoms with Crippen LogP contribution in [0.2, 0.25) is 0 Å². The Balaban J connectivity index is 1.99. The molecule has 1 aromatic rings. The summed E-state index contributed by atoms with van der Waals surface area (Å²) in [5, 5.41) is 10.7. The Morgan fingerprint density at radius 3 is 2.37 bits per heavy atom. The van der Waals surface area contributed by atoms with E-state index in [0.29, 0.717) is 25.9 Å². The highest BCUT2D eigenvalue weighted by molar-refractivity contribution is 5.94. The van der Waals surface area contributed by atoms with E-state index in [-0.39, 0.29) is 23.2 Å². The van der Waals surface area contributed by atoms with Crippen molar-refractivity contribution in [3.8, 4) is 0 Å². The summed E-state index contributed by atoms with van der Waals surface area (Å²) in [5.41, 5.74) is -0.972. The van der Waals surface area contributed by atoms with E-state index in [4.69, 9.17) is 4.74 Å². The monoisotopic (exact) mass is 381 g/mol. The van der Waals surface area contributed by atoms with E-state index in [1.54, 1.807) is 25.7 Å². The van der Waals surface area contributed by atoms with Gasteiger partial charge in [-0.25, -0.2) is 9.18 Å². The Hall–Kier alpha value is -2.71. The first-order valence-electron chi connectivity index (χ1n) is 8.69. The molecule has 1 aromatic carbocycles. The van der Waals surface area contributed by atoms with Gasteiger partial charge in [0.1, 0.15) is 5.60 Å². The molecule has 0 radical (unpaired) electrons. The molecule has 1 saturated heterocycles. The molecule has 9 heteroatoms. The fourth-order valence-corrected chi connectivity index (χ4v) is 2.91. The van der Waals surface area contributed by atoms with Crippen LogP contribution in [0.15, 0.2) is 18.2 Å². The van der Waals surface area contributed by atoms with E-state index in [1.165, 1.54) is 18.0 Å². The highest BCUT2D eigenvalue weighted by Gasteiger charge is 2.32. The maximum atomic E-state index is 14.1. The van der Waals surface area contributed by atoms with Crippen molar-refractivity contribution >= 4 is 23.4 Å². The Bertz CT molecular complexity index is 739. The highest BCUT2D eigenvalue weighted by atomic mass is 19.1. The second-order valence-corrected chi connectivity index (χ2v) is 7.53. The maximum Gasteiger partial charge on any atom is 0.410 e. The highest BCUT2D eigenvalue weighted by Crippen LogP contribution is 2.27. The predicted molar refractivity (Wildman–Crippen MR) is 97.0 cm³/mol. The summed E-state index contributed by atoms with van der Waals surface area (Å²) in [7, 11) is 1.44. The largest absolute Gasteiger partial charge is 0.444 e. The van der Waals surface area contributed by atoms with Crippen molar-refractivity contribution in [1.82, 2.24) is 4.90 Å². The summed E-state index contributed by atoms with van der Waals surface area (Å²) in [6.07, 6.45) is 0.469. The molecule has 2 rings (SSSR count). The van der Waals surface area contributed by atoms with Gasteiger partial charge in [0.25, 0.3) is 5.69 Å². The molecule has 0 spiro atoms. The molecule has 0 unspecified atom stereocenters. The van der Waals surface area contributed by atoms with E-state index >= 15 is 0 Å². The number of ether oxygens (including phenoxy) is 1. The molecule has 1 aliphatic rings. The van der Waals surface area contributed by atoms with Gasteiger partial charge in [-0.1, -0.05) is 0 Å². The molecule has 1 aliphatic heterocycles. The molecule has 148 valence electrons. The van der Waals surface area contributed by atoms with Crippen LogP contribution in [0, 0.1) is 21.8 Å². The van der Waals surface area contributed by atoms with Crippen LogP contribution in [0.1, 0.15) is 33.6 Å². The van der Waals surface area contributed by atoms with Crippen LogP contribution >= 0.6 is 0 Å². The van der Waals surface area contributed by atoms with Gasteiger partial charge in [0.05, 0.1) is 16.7 Å². The lowest BCUT2D eigenvalue weighted by atomic mass is 9.95. The molecule has 0 atom stereocenters. The molecule has 1 fully saturated rings. The van der Waals surface area contributed by atoms with Gasteiger partial charge in [0.15, 0.2) is 5.82 Å². The van der Waals surface area contributed by atoms with Crippen LogP contribution in [-0.4, -0.2) is 47.6 Å². The summed E-state index contributed by atoms with van der Waals surface area (Å²) in [6, 6.07) is 3.18. The normalized spacial score (nSPS) is 15.4. The van der Waals surface area contributed by atoms with Gasteiger partial charge in [-0.15, -0.1) is 0 Å². The number of carbonyl (C=O) groups is 2. The van der Waals surface area contributed by atoms with Gasteiger partial charge >= 0.3 is 6.09 Å². The number of likely N-dealkylation sites (tertiary alicyclic amines) is 1. The van der Waals surface area contributed by atoms with Crippen molar-refractivity contribution in [3.05, 3.63) is 34.1 Å². The van der Waals surface area contributed by atoms with Crippen LogP contribution in [0.4, 0.5) is 20.6 Å². The van der Waals surface area contributed by atoms with Crippen LogP contribution in [0.3, 0.4) is 0 Å². The first kappa shape index (κ1) is 20.6. The van der Waals surface area contributed by atoms with Gasteiger partial charge in [-0.3, -0.25) is 14.9 Å². The molecule has 8 nitrogen and oxygen atoms in total. The molecule has 0 aromatic heterocycles. The molecular formula is C18H24FN3O5. The molecular weight excluding hydrogens is 357 g/mol. The quantitative estimate of drug-likeness (QED) is 0.591. The lowest BCUT2D eigenvalue weighted by molar-refractivity contribution is -0.385. The minimum atomic E-state index is -0.828. The second-order valence-electron chi connectivity index (χ2n) is 7.53. The summed E-state index contributed by atoms with van der Waals surface area (Å²) in [6.45, 7) is 6.11. The Morgan fingerprint density at radius 2 is 1.89 bits per heavy atom. The number of anilines is 1. The van der Waals surface area contributed by atoms with Crippen LogP contribution in [0.5, 0.6) is 0 Å². The van der Waals surface area contributed by atoms with E-state index < -0.39 is 22.4 Å². The third-order valence-electron chi connectivity index (χ3n) is 4.33. The van der Waals surface area contributed by atoms with Gasteiger partial charge < -0.3 is 14.5 Å². The number of piperidine rings is 1. The molecule has 0 saturated carbocycles. The maximum absolute atomic E-state index is 14.1. The lowest BCUT2D eigenvalue weighted by Gasteiger charge is -2.34. The number of hydrogen-bond acceptors (Lipinski definition) is 5. The SMILES string of the molecule is CN(C(=O)C1CCN(C(=O)OC(C)(C)C)CC1)c1ccc([N+](=O)[O-])cc1F. The standard InChI is InChI=1S/C18H24FN3O5/c1-18(2,3)27-17(24)21-9-7-12(8-10-21)16(23)20(4)15-6-5-13(22(25)26)11-14(15)19/h5-6,11-12H,7-10H2,1-4H3. The zero-order valence-corrected chi connectivity index (χ0v) is 15.9. The van der Waals surface area contributed by atoms with Crippen molar-refractivity contribution in [3.63, 3.8) is 0 Å². The zero-order chi connectivity index (χ0) is 20.4. The topological polar surface area (TPSA) is 93.0 Å². The number of halogens is 1. The smallest absolute Gasteiger partial charge is 0.410 e. The Labute approximate surface area is 157 Å². The third kappa shape index (κ3) is 5.15. The number of amides is 2. The molecule has 0 bridgehead atoms. The lowest BCUT2D eigenvalue weighted by Crippen LogP contribution is -2.45. The molecule has 27 heavy (non-hydrogen) atoms. The van der Waals surface area contributed by atoms with Crippen molar-refractivity contribution in [2.75, 3.05) is 25.0 Å². The summed E-state index contributed by atoms with van der Waals surface area (Å²) >= 11 is 0. The van der Waals surface area contributed by atoms with Gasteiger partial charge in [-0.2, -0.15) is 0 Å². The summed E-state index contributed by atoms with van der Waals surface area (Å²) in [5.74, 6) is -1.47.